The maximum Gasteiger partial charge on any atom is 0.353 e. The van der Waals surface area contributed by atoms with Crippen LogP contribution in [0.25, 0.3) is 5.57 Å². The number of nitrogens with two attached hydrogens (primary N) is 1. The first-order valence-electron chi connectivity index (χ1n) is 11.5. The zero-order chi connectivity index (χ0) is 24.1. The first kappa shape index (κ1) is 24.4. The highest BCUT2D eigenvalue weighted by Gasteiger charge is 2.34. The second-order valence-electron chi connectivity index (χ2n) is 8.78. The van der Waals surface area contributed by atoms with Crippen LogP contribution in [0.3, 0.4) is 0 Å². The van der Waals surface area contributed by atoms with Crippen molar-refractivity contribution < 1.29 is 23.1 Å². The third kappa shape index (κ3) is 5.85. The Morgan fingerprint density at radius 2 is 1.71 bits per heavy atom. The summed E-state index contributed by atoms with van der Waals surface area (Å²) in [5.74, 6) is -0.835. The van der Waals surface area contributed by atoms with Crippen molar-refractivity contribution in [3.8, 4) is 0 Å². The molecule has 0 saturated carbocycles. The molecule has 8 nitrogen and oxygen atoms in total. The smallest absolute Gasteiger partial charge is 0.353 e. The highest BCUT2D eigenvalue weighted by Crippen LogP contribution is 2.34. The Morgan fingerprint density at radius 3 is 2.32 bits per heavy atom. The molecule has 0 aromatic heterocycles. The summed E-state index contributed by atoms with van der Waals surface area (Å²) in [6.07, 6.45) is 2.43. The summed E-state index contributed by atoms with van der Waals surface area (Å²) in [7, 11) is -4.11. The van der Waals surface area contributed by atoms with Crippen molar-refractivity contribution in [3.63, 3.8) is 0 Å². The average molecular weight is 486 g/mol. The molecule has 34 heavy (non-hydrogen) atoms. The molecule has 2 aromatic carbocycles. The van der Waals surface area contributed by atoms with Gasteiger partial charge in [-0.05, 0) is 60.5 Å². The molecule has 2 heterocycles. The van der Waals surface area contributed by atoms with Gasteiger partial charge in [0, 0.05) is 13.1 Å². The second kappa shape index (κ2) is 10.7. The Labute approximate surface area is 200 Å². The van der Waals surface area contributed by atoms with E-state index in [9.17, 15) is 18.3 Å². The number of rotatable bonds is 9. The quantitative estimate of drug-likeness (QED) is 0.528. The van der Waals surface area contributed by atoms with Gasteiger partial charge in [-0.3, -0.25) is 0 Å². The molecule has 0 spiro atoms. The fraction of sp³-hybridized carbons (Fsp3) is 0.400. The van der Waals surface area contributed by atoms with Crippen molar-refractivity contribution in [2.75, 3.05) is 32.8 Å². The van der Waals surface area contributed by atoms with Crippen LogP contribution in [-0.2, 0) is 26.3 Å². The van der Waals surface area contributed by atoms with Gasteiger partial charge in [-0.2, -0.15) is 8.42 Å². The van der Waals surface area contributed by atoms with Crippen molar-refractivity contribution >= 4 is 21.8 Å². The standard InChI is InChI=1S/C25H31N3O5S/c26-34(31,32)28-15-12-23(24(28)25(29)30)22-8-6-20(7-9-22)21-10-13-27(14-11-21)16-17-33-18-19-4-2-1-3-5-19/h1-9,21H,10-18H2,(H,29,30)(H2,26,31,32). The third-order valence-electron chi connectivity index (χ3n) is 6.59. The number of aliphatic carboxylic acids is 1. The summed E-state index contributed by atoms with van der Waals surface area (Å²) in [6, 6.07) is 18.0. The van der Waals surface area contributed by atoms with Crippen molar-refractivity contribution in [1.29, 1.82) is 0 Å². The highest BCUT2D eigenvalue weighted by atomic mass is 32.2. The van der Waals surface area contributed by atoms with Crippen LogP contribution in [0.5, 0.6) is 0 Å². The number of ether oxygens (including phenoxy) is 1. The zero-order valence-electron chi connectivity index (χ0n) is 19.1. The molecule has 0 aliphatic carbocycles. The summed E-state index contributed by atoms with van der Waals surface area (Å²) >= 11 is 0. The molecule has 1 fully saturated rings. The number of likely N-dealkylation sites (tertiary alicyclic amines) is 1. The van der Waals surface area contributed by atoms with Gasteiger partial charge in [0.1, 0.15) is 5.70 Å². The van der Waals surface area contributed by atoms with Gasteiger partial charge in [-0.25, -0.2) is 14.2 Å². The molecule has 0 amide bonds. The van der Waals surface area contributed by atoms with E-state index >= 15 is 0 Å². The Bertz CT molecular complexity index is 1120. The van der Waals surface area contributed by atoms with E-state index < -0.39 is 16.2 Å². The van der Waals surface area contributed by atoms with Gasteiger partial charge in [-0.1, -0.05) is 54.6 Å². The molecule has 0 bridgehead atoms. The van der Waals surface area contributed by atoms with Gasteiger partial charge in [0.2, 0.25) is 0 Å². The molecule has 3 N–H and O–H groups in total. The van der Waals surface area contributed by atoms with E-state index in [-0.39, 0.29) is 12.2 Å². The number of carbonyl (C=O) groups is 1. The molecule has 2 aromatic rings. The van der Waals surface area contributed by atoms with Crippen molar-refractivity contribution in [1.82, 2.24) is 9.21 Å². The molecule has 0 radical (unpaired) electrons. The van der Waals surface area contributed by atoms with Crippen molar-refractivity contribution in [2.24, 2.45) is 5.14 Å². The van der Waals surface area contributed by atoms with Gasteiger partial charge in [0.05, 0.1) is 13.2 Å². The lowest BCUT2D eigenvalue weighted by molar-refractivity contribution is -0.133. The van der Waals surface area contributed by atoms with Gasteiger partial charge >= 0.3 is 5.97 Å². The first-order chi connectivity index (χ1) is 16.3. The molecular weight excluding hydrogens is 454 g/mol. The van der Waals surface area contributed by atoms with Crippen LogP contribution >= 0.6 is 0 Å². The lowest BCUT2D eigenvalue weighted by Gasteiger charge is -2.32. The van der Waals surface area contributed by atoms with Crippen LogP contribution in [0.15, 0.2) is 60.3 Å². The van der Waals surface area contributed by atoms with E-state index in [4.69, 9.17) is 9.88 Å². The monoisotopic (exact) mass is 485 g/mol. The zero-order valence-corrected chi connectivity index (χ0v) is 19.9. The van der Waals surface area contributed by atoms with Crippen molar-refractivity contribution in [3.05, 3.63) is 77.0 Å². The number of nitrogens with zero attached hydrogens (tertiary/aromatic N) is 2. The largest absolute Gasteiger partial charge is 0.477 e. The maximum absolute atomic E-state index is 11.8. The molecule has 182 valence electrons. The highest BCUT2D eigenvalue weighted by molar-refractivity contribution is 7.87. The SMILES string of the molecule is NS(=O)(=O)N1CCC(c2ccc(C3CCN(CCOCc4ccccc4)CC3)cc2)=C1C(=O)O. The fourth-order valence-corrected chi connectivity index (χ4v) is 5.56. The molecule has 0 atom stereocenters. The Morgan fingerprint density at radius 1 is 1.03 bits per heavy atom. The molecule has 2 aliphatic rings. The van der Waals surface area contributed by atoms with Crippen LogP contribution in [-0.4, -0.2) is 61.5 Å². The number of benzene rings is 2. The Hall–Kier alpha value is -2.72. The van der Waals surface area contributed by atoms with Crippen LogP contribution in [0, 0.1) is 0 Å². The average Bonchev–Trinajstić information content (AvgIpc) is 3.30. The second-order valence-corrected chi connectivity index (χ2v) is 10.2. The lowest BCUT2D eigenvalue weighted by Crippen LogP contribution is -2.36. The number of hydrogen-bond donors (Lipinski definition) is 2. The van der Waals surface area contributed by atoms with Gasteiger partial charge in [0.15, 0.2) is 0 Å². The van der Waals surface area contributed by atoms with E-state index in [2.05, 4.69) is 17.0 Å². The number of carboxylic acid groups (broad SMARTS) is 1. The summed E-state index contributed by atoms with van der Waals surface area (Å²) in [5, 5.41) is 14.8. The van der Waals surface area contributed by atoms with Crippen LogP contribution in [0.4, 0.5) is 0 Å². The Kier molecular flexibility index (Phi) is 7.67. The lowest BCUT2D eigenvalue weighted by atomic mass is 9.88. The van der Waals surface area contributed by atoms with E-state index in [1.807, 2.05) is 42.5 Å². The molecule has 0 unspecified atom stereocenters. The first-order valence-corrected chi connectivity index (χ1v) is 13.0. The van der Waals surface area contributed by atoms with Crippen LogP contribution in [0.2, 0.25) is 0 Å². The van der Waals surface area contributed by atoms with Gasteiger partial charge < -0.3 is 14.7 Å². The maximum atomic E-state index is 11.8. The minimum atomic E-state index is -4.11. The number of piperidine rings is 1. The minimum absolute atomic E-state index is 0.0467. The topological polar surface area (TPSA) is 113 Å². The molecule has 2 aliphatic heterocycles. The minimum Gasteiger partial charge on any atom is -0.477 e. The van der Waals surface area contributed by atoms with Crippen LogP contribution < -0.4 is 5.14 Å². The van der Waals surface area contributed by atoms with E-state index in [1.54, 1.807) is 0 Å². The summed E-state index contributed by atoms with van der Waals surface area (Å²) in [6.45, 7) is 4.34. The normalized spacial score (nSPS) is 18.0. The van der Waals surface area contributed by atoms with Crippen LogP contribution in [0.1, 0.15) is 41.9 Å². The van der Waals surface area contributed by atoms with E-state index in [0.29, 0.717) is 31.1 Å². The molecule has 4 rings (SSSR count). The van der Waals surface area contributed by atoms with Gasteiger partial charge in [-0.15, -0.1) is 0 Å². The third-order valence-corrected chi connectivity index (χ3v) is 7.57. The molecule has 9 heteroatoms. The van der Waals surface area contributed by atoms with Crippen molar-refractivity contribution in [2.45, 2.75) is 31.8 Å². The van der Waals surface area contributed by atoms with Gasteiger partial charge in [0.25, 0.3) is 10.2 Å². The fourth-order valence-electron chi connectivity index (χ4n) is 4.77. The summed E-state index contributed by atoms with van der Waals surface area (Å²) in [5.41, 5.74) is 3.38. The molecular formula is C25H31N3O5S. The summed E-state index contributed by atoms with van der Waals surface area (Å²) in [4.78, 5) is 14.2. The van der Waals surface area contributed by atoms with E-state index in [0.717, 1.165) is 42.3 Å². The predicted octanol–water partition coefficient (Wildman–Crippen LogP) is 2.79. The number of carboxylic acids is 1. The summed E-state index contributed by atoms with van der Waals surface area (Å²) < 4.78 is 30.1. The predicted molar refractivity (Wildman–Crippen MR) is 130 cm³/mol. The Balaban J connectivity index is 1.30. The molecule has 1 saturated heterocycles. The van der Waals surface area contributed by atoms with E-state index in [1.165, 1.54) is 11.1 Å². The number of hydrogen-bond acceptors (Lipinski definition) is 5.